The van der Waals surface area contributed by atoms with Crippen molar-refractivity contribution in [1.82, 2.24) is 15.1 Å². The van der Waals surface area contributed by atoms with Crippen LogP contribution in [0.3, 0.4) is 0 Å². The van der Waals surface area contributed by atoms with Crippen molar-refractivity contribution in [2.45, 2.75) is 31.8 Å². The number of nitrogens with one attached hydrogen (secondary N) is 1. The molecule has 0 bridgehead atoms. The summed E-state index contributed by atoms with van der Waals surface area (Å²) < 4.78 is 12.3. The van der Waals surface area contributed by atoms with Gasteiger partial charge in [-0.3, -0.25) is 4.68 Å². The second kappa shape index (κ2) is 4.03. The highest BCUT2D eigenvalue weighted by molar-refractivity contribution is 5.73. The Morgan fingerprint density at radius 1 is 1.47 bits per heavy atom. The topological polar surface area (TPSA) is 65.4 Å². The van der Waals surface area contributed by atoms with Gasteiger partial charge in [-0.1, -0.05) is 0 Å². The molecule has 6 nitrogen and oxygen atoms in total. The van der Waals surface area contributed by atoms with Crippen LogP contribution in [0.25, 0.3) is 0 Å². The summed E-state index contributed by atoms with van der Waals surface area (Å²) in [5, 5.41) is 7.20. The molecule has 0 radical (unpaired) electrons. The lowest BCUT2D eigenvalue weighted by atomic mass is 10.1. The summed E-state index contributed by atoms with van der Waals surface area (Å²) in [6.45, 7) is 3.44. The lowest BCUT2D eigenvalue weighted by molar-refractivity contribution is 0.0661. The quantitative estimate of drug-likeness (QED) is 0.801. The molecule has 0 spiro atoms. The molecular weight excluding hydrogens is 222 g/mol. The number of rotatable bonds is 1. The maximum atomic E-state index is 11.2. The number of hydrogen-bond donors (Lipinski definition) is 1. The Labute approximate surface area is 98.9 Å². The number of ether oxygens (including phenoxy) is 2. The minimum Gasteiger partial charge on any atom is -0.407 e. The zero-order valence-electron chi connectivity index (χ0n) is 9.68. The van der Waals surface area contributed by atoms with Crippen molar-refractivity contribution in [3.63, 3.8) is 0 Å². The van der Waals surface area contributed by atoms with Gasteiger partial charge in [0.2, 0.25) is 0 Å². The Morgan fingerprint density at radius 3 is 3.00 bits per heavy atom. The first-order chi connectivity index (χ1) is 8.24. The summed E-state index contributed by atoms with van der Waals surface area (Å²) in [7, 11) is 0. The Bertz CT molecular complexity index is 437. The van der Waals surface area contributed by atoms with Crippen LogP contribution in [0.1, 0.15) is 37.5 Å². The second-order valence-corrected chi connectivity index (χ2v) is 4.46. The summed E-state index contributed by atoms with van der Waals surface area (Å²) in [5.74, 6) is 0.577. The third-order valence-corrected chi connectivity index (χ3v) is 3.24. The van der Waals surface area contributed by atoms with Crippen LogP contribution >= 0.6 is 0 Å². The van der Waals surface area contributed by atoms with E-state index in [1.807, 2.05) is 17.8 Å². The van der Waals surface area contributed by atoms with Crippen molar-refractivity contribution in [2.24, 2.45) is 0 Å². The van der Waals surface area contributed by atoms with Gasteiger partial charge in [0.25, 0.3) is 0 Å². The molecule has 2 aliphatic rings. The highest BCUT2D eigenvalue weighted by Gasteiger charge is 2.28. The molecule has 2 aliphatic heterocycles. The van der Waals surface area contributed by atoms with Crippen LogP contribution in [0.4, 0.5) is 4.79 Å². The van der Waals surface area contributed by atoms with Gasteiger partial charge in [-0.2, -0.15) is 5.10 Å². The lowest BCUT2D eigenvalue weighted by Crippen LogP contribution is -2.34. The zero-order chi connectivity index (χ0) is 11.8. The predicted molar refractivity (Wildman–Crippen MR) is 58.9 cm³/mol. The fourth-order valence-corrected chi connectivity index (χ4v) is 2.28. The SMILES string of the molecule is CC1NC(=O)Oc2cn(C3CCOCC3)nc21. The average molecular weight is 237 g/mol. The molecule has 3 heterocycles. The number of amides is 1. The first-order valence-electron chi connectivity index (χ1n) is 5.89. The molecule has 6 heteroatoms. The largest absolute Gasteiger partial charge is 0.413 e. The summed E-state index contributed by atoms with van der Waals surface area (Å²) in [5.41, 5.74) is 0.802. The maximum absolute atomic E-state index is 11.2. The third kappa shape index (κ3) is 1.88. The third-order valence-electron chi connectivity index (χ3n) is 3.24. The van der Waals surface area contributed by atoms with Crippen molar-refractivity contribution < 1.29 is 14.3 Å². The molecular formula is C11H15N3O3. The number of hydrogen-bond acceptors (Lipinski definition) is 4. The predicted octanol–water partition coefficient (Wildman–Crippen LogP) is 1.40. The van der Waals surface area contributed by atoms with Gasteiger partial charge in [-0.15, -0.1) is 0 Å². The molecule has 1 amide bonds. The van der Waals surface area contributed by atoms with Crippen LogP contribution in [-0.4, -0.2) is 29.1 Å². The Hall–Kier alpha value is -1.56. The van der Waals surface area contributed by atoms with E-state index < -0.39 is 6.09 Å². The molecule has 1 unspecified atom stereocenters. The van der Waals surface area contributed by atoms with E-state index in [1.54, 1.807) is 0 Å². The monoisotopic (exact) mass is 237 g/mol. The number of carbonyl (C=O) groups excluding carboxylic acids is 1. The van der Waals surface area contributed by atoms with Crippen molar-refractivity contribution in [2.75, 3.05) is 13.2 Å². The molecule has 1 atom stereocenters. The van der Waals surface area contributed by atoms with E-state index in [2.05, 4.69) is 10.4 Å². The van der Waals surface area contributed by atoms with E-state index in [0.717, 1.165) is 31.7 Å². The molecule has 17 heavy (non-hydrogen) atoms. The zero-order valence-corrected chi connectivity index (χ0v) is 9.68. The number of carbonyl (C=O) groups is 1. The first kappa shape index (κ1) is 10.6. The summed E-state index contributed by atoms with van der Waals surface area (Å²) >= 11 is 0. The molecule has 3 rings (SSSR count). The van der Waals surface area contributed by atoms with E-state index in [1.165, 1.54) is 0 Å². The van der Waals surface area contributed by atoms with Crippen LogP contribution in [0.2, 0.25) is 0 Å². The van der Waals surface area contributed by atoms with Crippen LogP contribution < -0.4 is 10.1 Å². The van der Waals surface area contributed by atoms with Gasteiger partial charge in [0, 0.05) is 13.2 Å². The molecule has 0 aliphatic carbocycles. The maximum Gasteiger partial charge on any atom is 0.413 e. The molecule has 1 saturated heterocycles. The molecule has 1 fully saturated rings. The first-order valence-corrected chi connectivity index (χ1v) is 5.89. The minimum atomic E-state index is -0.406. The van der Waals surface area contributed by atoms with E-state index in [4.69, 9.17) is 9.47 Å². The summed E-state index contributed by atoms with van der Waals surface area (Å²) in [4.78, 5) is 11.2. The van der Waals surface area contributed by atoms with Gasteiger partial charge in [-0.25, -0.2) is 4.79 Å². The minimum absolute atomic E-state index is 0.0904. The van der Waals surface area contributed by atoms with Gasteiger partial charge in [0.1, 0.15) is 5.69 Å². The van der Waals surface area contributed by atoms with Gasteiger partial charge in [0.05, 0.1) is 18.3 Å². The van der Waals surface area contributed by atoms with E-state index in [-0.39, 0.29) is 6.04 Å². The standard InChI is InChI=1S/C11H15N3O3/c1-7-10-9(17-11(15)12-7)6-14(13-10)8-2-4-16-5-3-8/h6-8H,2-5H2,1H3,(H,12,15). The van der Waals surface area contributed by atoms with Crippen molar-refractivity contribution >= 4 is 6.09 Å². The Balaban J connectivity index is 1.88. The summed E-state index contributed by atoms with van der Waals surface area (Å²) in [6.07, 6.45) is 3.32. The van der Waals surface area contributed by atoms with Crippen molar-refractivity contribution in [1.29, 1.82) is 0 Å². The van der Waals surface area contributed by atoms with E-state index in [9.17, 15) is 4.79 Å². The highest BCUT2D eigenvalue weighted by Crippen LogP contribution is 2.30. The van der Waals surface area contributed by atoms with E-state index >= 15 is 0 Å². The number of nitrogens with zero attached hydrogens (tertiary/aromatic N) is 2. The summed E-state index contributed by atoms with van der Waals surface area (Å²) in [6, 6.07) is 0.257. The molecule has 92 valence electrons. The van der Waals surface area contributed by atoms with Gasteiger partial charge in [-0.05, 0) is 19.8 Å². The normalized spacial score (nSPS) is 25.0. The fourth-order valence-electron chi connectivity index (χ4n) is 2.28. The molecule has 1 aromatic rings. The van der Waals surface area contributed by atoms with Crippen molar-refractivity contribution in [3.05, 3.63) is 11.9 Å². The smallest absolute Gasteiger partial charge is 0.407 e. The van der Waals surface area contributed by atoms with Crippen LogP contribution in [0.5, 0.6) is 5.75 Å². The average Bonchev–Trinajstić information content (AvgIpc) is 2.74. The Morgan fingerprint density at radius 2 is 2.24 bits per heavy atom. The lowest BCUT2D eigenvalue weighted by Gasteiger charge is -2.22. The van der Waals surface area contributed by atoms with E-state index in [0.29, 0.717) is 11.8 Å². The van der Waals surface area contributed by atoms with Crippen LogP contribution in [0, 0.1) is 0 Å². The Kier molecular flexibility index (Phi) is 2.51. The number of aromatic nitrogens is 2. The fraction of sp³-hybridized carbons (Fsp3) is 0.636. The van der Waals surface area contributed by atoms with Crippen molar-refractivity contribution in [3.8, 4) is 5.75 Å². The molecule has 0 saturated carbocycles. The van der Waals surface area contributed by atoms with Gasteiger partial charge >= 0.3 is 6.09 Å². The van der Waals surface area contributed by atoms with Gasteiger partial charge < -0.3 is 14.8 Å². The van der Waals surface area contributed by atoms with Crippen LogP contribution in [0.15, 0.2) is 6.20 Å². The molecule has 1 aromatic heterocycles. The van der Waals surface area contributed by atoms with Crippen LogP contribution in [-0.2, 0) is 4.74 Å². The number of fused-ring (bicyclic) bond motifs is 1. The highest BCUT2D eigenvalue weighted by atomic mass is 16.6. The second-order valence-electron chi connectivity index (χ2n) is 4.46. The molecule has 1 N–H and O–H groups in total. The van der Waals surface area contributed by atoms with Gasteiger partial charge in [0.15, 0.2) is 5.75 Å². The molecule has 0 aromatic carbocycles.